The summed E-state index contributed by atoms with van der Waals surface area (Å²) in [7, 11) is 1.27. The molecule has 1 saturated heterocycles. The Balaban J connectivity index is -0.000000429. The molecule has 2 amide bonds. The molecular weight excluding hydrogens is 492 g/mol. The molecule has 1 N–H and O–H groups in total. The number of benzene rings is 1. The number of ether oxygens (including phenoxy) is 2. The fourth-order valence-corrected chi connectivity index (χ4v) is 2.39. The topological polar surface area (TPSA) is 102 Å². The maximum Gasteiger partial charge on any atom is 0.407 e. The van der Waals surface area contributed by atoms with E-state index in [-0.39, 0.29) is 31.3 Å². The van der Waals surface area contributed by atoms with E-state index in [1.54, 1.807) is 29.2 Å². The van der Waals surface area contributed by atoms with Crippen molar-refractivity contribution in [3.8, 4) is 0 Å². The first-order valence-corrected chi connectivity index (χ1v) is 12.1. The third kappa shape index (κ3) is 20.0. The summed E-state index contributed by atoms with van der Waals surface area (Å²) in [6.45, 7) is 14.0. The minimum Gasteiger partial charge on any atom is -0.459 e. The van der Waals surface area contributed by atoms with Gasteiger partial charge in [0.2, 0.25) is 5.91 Å². The van der Waals surface area contributed by atoms with Gasteiger partial charge in [-0.05, 0) is 25.0 Å². The van der Waals surface area contributed by atoms with Crippen LogP contribution in [-0.2, 0) is 19.1 Å². The summed E-state index contributed by atoms with van der Waals surface area (Å²) in [5.74, 6) is -0.248. The molecule has 1 aliphatic heterocycles. The Morgan fingerprint density at radius 2 is 1.52 bits per heavy atom. The average Bonchev–Trinajstić information content (AvgIpc) is 3.40. The second-order valence-electron chi connectivity index (χ2n) is 5.98. The normalized spacial score (nSPS) is 10.7. The molecule has 8 nitrogen and oxygen atoms in total. The number of nitrogens with one attached hydrogen (secondary N) is 1. The summed E-state index contributed by atoms with van der Waals surface area (Å²) in [5.41, 5.74) is 0.532. The van der Waals surface area contributed by atoms with E-state index < -0.39 is 6.09 Å². The maximum absolute atomic E-state index is 11.3. The van der Waals surface area contributed by atoms with Gasteiger partial charge in [0.1, 0.15) is 6.54 Å². The second kappa shape index (κ2) is 25.8. The van der Waals surface area contributed by atoms with Gasteiger partial charge in [0.25, 0.3) is 6.47 Å². The number of hydrogen-bond acceptors (Lipinski definition) is 6. The third-order valence-corrected chi connectivity index (χ3v) is 4.01. The molecule has 1 aromatic rings. The summed E-state index contributed by atoms with van der Waals surface area (Å²) < 4.78 is 9.58. The second-order valence-corrected chi connectivity index (χ2v) is 6.89. The minimum atomic E-state index is -0.562. The van der Waals surface area contributed by atoms with Crippen LogP contribution in [0.3, 0.4) is 0 Å². The van der Waals surface area contributed by atoms with Gasteiger partial charge >= 0.3 is 6.09 Å². The summed E-state index contributed by atoms with van der Waals surface area (Å²) in [6.07, 6.45) is 2.81. The van der Waals surface area contributed by atoms with Crippen LogP contribution in [0, 0.1) is 0 Å². The largest absolute Gasteiger partial charge is 0.459 e. The smallest absolute Gasteiger partial charge is 0.407 e. The number of alkyl carbamates (subject to hydrolysis) is 1. The Labute approximate surface area is 207 Å². The van der Waals surface area contributed by atoms with Crippen molar-refractivity contribution < 1.29 is 28.7 Å². The first-order chi connectivity index (χ1) is 15.9. The molecule has 1 aliphatic rings. The lowest BCUT2D eigenvalue weighted by Crippen LogP contribution is -2.38. The minimum absolute atomic E-state index is 0.0344. The lowest BCUT2D eigenvalue weighted by atomic mass is 10.1. The lowest BCUT2D eigenvalue weighted by molar-refractivity contribution is -0.129. The van der Waals surface area contributed by atoms with E-state index >= 15 is 0 Å². The van der Waals surface area contributed by atoms with E-state index in [4.69, 9.17) is 0 Å². The van der Waals surface area contributed by atoms with Gasteiger partial charge in [0, 0.05) is 23.1 Å². The van der Waals surface area contributed by atoms with Crippen LogP contribution in [0.5, 0.6) is 0 Å². The van der Waals surface area contributed by atoms with Crippen LogP contribution in [0.1, 0.15) is 71.2 Å². The highest BCUT2D eigenvalue weighted by atomic mass is 79.9. The summed E-state index contributed by atoms with van der Waals surface area (Å²) >= 11 is 3.25. The predicted octanol–water partition coefficient (Wildman–Crippen LogP) is 5.24. The molecule has 190 valence electrons. The van der Waals surface area contributed by atoms with E-state index in [9.17, 15) is 19.2 Å². The lowest BCUT2D eigenvalue weighted by Gasteiger charge is -2.14. The molecule has 0 aromatic heterocycles. The van der Waals surface area contributed by atoms with Crippen LogP contribution in [0.15, 0.2) is 28.7 Å². The highest BCUT2D eigenvalue weighted by molar-refractivity contribution is 9.10. The standard InChI is InChI=1S/C9H7BrO3.C8H14N2O3.C3H8.2C2H6/c10-8-3-1-7(2-4-8)9(12)5-13-6-11;1-13-8(12)9-6-7(11)10-4-2-3-5-10;1-3-2;2*1-2/h1-4,6H,5H2;2-6H2,1H3,(H,9,12);3H2,1-2H3;2*1-2H3. The zero-order valence-corrected chi connectivity index (χ0v) is 22.7. The van der Waals surface area contributed by atoms with Crippen molar-refractivity contribution in [1.82, 2.24) is 10.2 Å². The van der Waals surface area contributed by atoms with Crippen molar-refractivity contribution in [1.29, 1.82) is 0 Å². The van der Waals surface area contributed by atoms with E-state index in [1.165, 1.54) is 13.5 Å². The number of methoxy groups -OCH3 is 1. The van der Waals surface area contributed by atoms with Gasteiger partial charge in [-0.3, -0.25) is 14.4 Å². The average molecular weight is 534 g/mol. The number of Topliss-reactive ketones (excluding diaryl/α,β-unsaturated/α-hetero) is 1. The molecule has 0 bridgehead atoms. The van der Waals surface area contributed by atoms with Crippen molar-refractivity contribution >= 4 is 40.2 Å². The number of amides is 2. The maximum atomic E-state index is 11.3. The number of ketones is 1. The number of rotatable bonds is 6. The zero-order valence-electron chi connectivity index (χ0n) is 21.1. The first kappa shape index (κ1) is 35.2. The number of carbonyl (C=O) groups excluding carboxylic acids is 4. The molecule has 0 unspecified atom stereocenters. The van der Waals surface area contributed by atoms with Gasteiger partial charge in [-0.15, -0.1) is 0 Å². The first-order valence-electron chi connectivity index (χ1n) is 11.3. The Bertz CT molecular complexity index is 632. The highest BCUT2D eigenvalue weighted by Gasteiger charge is 2.17. The number of carbonyl (C=O) groups is 4. The Morgan fingerprint density at radius 3 is 1.94 bits per heavy atom. The highest BCUT2D eigenvalue weighted by Crippen LogP contribution is 2.10. The summed E-state index contributed by atoms with van der Waals surface area (Å²) in [5, 5.41) is 2.36. The zero-order chi connectivity index (χ0) is 26.1. The summed E-state index contributed by atoms with van der Waals surface area (Å²) in [4.78, 5) is 44.7. The number of halogens is 1. The molecule has 2 rings (SSSR count). The molecule has 0 spiro atoms. The van der Waals surface area contributed by atoms with E-state index in [2.05, 4.69) is 44.6 Å². The van der Waals surface area contributed by atoms with E-state index in [0.717, 1.165) is 30.4 Å². The molecule has 1 aromatic carbocycles. The van der Waals surface area contributed by atoms with E-state index in [1.807, 2.05) is 27.7 Å². The predicted molar refractivity (Wildman–Crippen MR) is 135 cm³/mol. The van der Waals surface area contributed by atoms with Gasteiger partial charge in [-0.2, -0.15) is 0 Å². The van der Waals surface area contributed by atoms with Crippen molar-refractivity contribution in [2.24, 2.45) is 0 Å². The van der Waals surface area contributed by atoms with Crippen molar-refractivity contribution in [2.75, 3.05) is 33.4 Å². The summed E-state index contributed by atoms with van der Waals surface area (Å²) in [6, 6.07) is 6.85. The van der Waals surface area contributed by atoms with Crippen LogP contribution in [0.25, 0.3) is 0 Å². The Hall–Kier alpha value is -2.42. The molecule has 0 radical (unpaired) electrons. The Kier molecular flexibility index (Phi) is 27.5. The van der Waals surface area contributed by atoms with Crippen LogP contribution >= 0.6 is 15.9 Å². The van der Waals surface area contributed by atoms with Crippen molar-refractivity contribution in [3.63, 3.8) is 0 Å². The number of nitrogens with zero attached hydrogens (tertiary/aromatic N) is 1. The van der Waals surface area contributed by atoms with Crippen molar-refractivity contribution in [2.45, 2.75) is 60.8 Å². The van der Waals surface area contributed by atoms with Crippen LogP contribution < -0.4 is 5.32 Å². The molecule has 0 aliphatic carbocycles. The van der Waals surface area contributed by atoms with Crippen molar-refractivity contribution in [3.05, 3.63) is 34.3 Å². The van der Waals surface area contributed by atoms with Gasteiger partial charge in [0.15, 0.2) is 12.4 Å². The monoisotopic (exact) mass is 532 g/mol. The molecular formula is C24H41BrN2O6. The number of likely N-dealkylation sites (tertiary alicyclic amines) is 1. The van der Waals surface area contributed by atoms with Crippen LogP contribution in [-0.4, -0.2) is 62.5 Å². The van der Waals surface area contributed by atoms with Gasteiger partial charge in [-0.1, -0.05) is 76.0 Å². The van der Waals surface area contributed by atoms with E-state index in [0.29, 0.717) is 5.56 Å². The van der Waals surface area contributed by atoms with Gasteiger partial charge < -0.3 is 19.7 Å². The quantitative estimate of drug-likeness (QED) is 0.397. The van der Waals surface area contributed by atoms with Crippen LogP contribution in [0.4, 0.5) is 4.79 Å². The Morgan fingerprint density at radius 1 is 1.03 bits per heavy atom. The number of hydrogen-bond donors (Lipinski definition) is 1. The van der Waals surface area contributed by atoms with Crippen LogP contribution in [0.2, 0.25) is 0 Å². The molecule has 0 saturated carbocycles. The third-order valence-electron chi connectivity index (χ3n) is 3.48. The molecule has 9 heteroatoms. The molecule has 1 fully saturated rings. The molecule has 1 heterocycles. The van der Waals surface area contributed by atoms with Gasteiger partial charge in [0.05, 0.1) is 7.11 Å². The molecule has 33 heavy (non-hydrogen) atoms. The molecule has 0 atom stereocenters. The SMILES string of the molecule is CC.CC.CCC.COC(=O)NCC(=O)N1CCCC1.O=COCC(=O)c1ccc(Br)cc1. The fourth-order valence-electron chi connectivity index (χ4n) is 2.13. The fraction of sp³-hybridized carbons (Fsp3) is 0.583. The van der Waals surface area contributed by atoms with Gasteiger partial charge in [-0.25, -0.2) is 4.79 Å².